The normalized spacial score (nSPS) is 0. The molecule has 0 aliphatic heterocycles. The SMILES string of the molecule is [Cu].[Fe].[H-].[H-].[Mg+2].[SeH].[Zn]. The van der Waals surface area contributed by atoms with E-state index in [4.69, 9.17) is 0 Å². The predicted molar refractivity (Wildman–Crippen MR) is 15.1 cm³/mol. The molecule has 0 amide bonds. The van der Waals surface area contributed by atoms with E-state index < -0.39 is 0 Å². The third-order valence-corrected chi connectivity index (χ3v) is 0. The maximum absolute atomic E-state index is 0. The molecule has 0 heterocycles. The molecular weight excluding hydrogens is 288 g/mol. The molecule has 0 nitrogen and oxygen atoms in total. The van der Waals surface area contributed by atoms with Crippen LogP contribution < -0.4 is 0 Å². The fourth-order valence-electron chi connectivity index (χ4n) is 0. The maximum Gasteiger partial charge on any atom is 0 e. The Kier molecular flexibility index (Phi) is 250. The van der Waals surface area contributed by atoms with Crippen LogP contribution in [-0.2, 0) is 53.6 Å². The van der Waals surface area contributed by atoms with Crippen molar-refractivity contribution >= 4 is 40.1 Å². The maximum atomic E-state index is 0. The molecule has 0 aromatic carbocycles. The summed E-state index contributed by atoms with van der Waals surface area (Å²) in [5.74, 6) is 0. The Hall–Kier alpha value is 2.95. The molecule has 0 spiro atoms. The second-order valence-corrected chi connectivity index (χ2v) is 0. The minimum atomic E-state index is 0. The minimum Gasteiger partial charge on any atom is 0 e. The molecule has 0 aromatic heterocycles. The molecule has 0 saturated heterocycles. The minimum absolute atomic E-state index is 0. The molecule has 32 valence electrons. The van der Waals surface area contributed by atoms with E-state index in [9.17, 15) is 0 Å². The molecule has 0 aromatic rings. The Bertz CT molecular complexity index is 17.7. The van der Waals surface area contributed by atoms with Gasteiger partial charge in [-0.1, -0.05) is 0 Å². The van der Waals surface area contributed by atoms with Crippen LogP contribution in [0.15, 0.2) is 0 Å². The van der Waals surface area contributed by atoms with Gasteiger partial charge in [-0.2, -0.15) is 0 Å². The van der Waals surface area contributed by atoms with E-state index in [0.717, 1.165) is 0 Å². The van der Waals surface area contributed by atoms with Crippen LogP contribution in [-0.4, -0.2) is 40.1 Å². The Morgan fingerprint density at radius 1 is 1.20 bits per heavy atom. The van der Waals surface area contributed by atoms with Gasteiger partial charge in [-0.3, -0.25) is 0 Å². The summed E-state index contributed by atoms with van der Waals surface area (Å²) in [4.78, 5) is 0. The third-order valence-electron chi connectivity index (χ3n) is 0. The average Bonchev–Trinajstić information content (AvgIpc) is 0. The molecule has 0 aliphatic rings. The average molecular weight is 291 g/mol. The van der Waals surface area contributed by atoms with Crippen LogP contribution in [0.4, 0.5) is 0 Å². The van der Waals surface area contributed by atoms with Crippen LogP contribution in [0.5, 0.6) is 0 Å². The van der Waals surface area contributed by atoms with Gasteiger partial charge in [0, 0.05) is 53.6 Å². The third kappa shape index (κ3) is 19.6. The van der Waals surface area contributed by atoms with Gasteiger partial charge in [-0.05, 0) is 0 Å². The molecule has 0 N–H and O–H groups in total. The van der Waals surface area contributed by atoms with E-state index in [1.54, 1.807) is 0 Å². The van der Waals surface area contributed by atoms with Gasteiger partial charge in [0.2, 0.25) is 0 Å². The van der Waals surface area contributed by atoms with Gasteiger partial charge < -0.3 is 2.85 Å². The second-order valence-electron chi connectivity index (χ2n) is 0. The molecule has 5 heavy (non-hydrogen) atoms. The molecule has 5 heteroatoms. The molecule has 0 atom stereocenters. The fraction of sp³-hybridized carbons (Fsp3) is 0. The summed E-state index contributed by atoms with van der Waals surface area (Å²) in [6.07, 6.45) is 0. The summed E-state index contributed by atoms with van der Waals surface area (Å²) < 4.78 is 0. The smallest absolute Gasteiger partial charge is 0 e. The van der Waals surface area contributed by atoms with Crippen LogP contribution in [0.3, 0.4) is 0 Å². The zero-order valence-corrected chi connectivity index (χ0v) is 10.8. The molecule has 0 bridgehead atoms. The second kappa shape index (κ2) is 28.3. The summed E-state index contributed by atoms with van der Waals surface area (Å²) in [6.45, 7) is 0. The Morgan fingerprint density at radius 2 is 1.20 bits per heavy atom. The van der Waals surface area contributed by atoms with Crippen molar-refractivity contribution in [3.05, 3.63) is 0 Å². The summed E-state index contributed by atoms with van der Waals surface area (Å²) >= 11 is 0. The standard InChI is InChI=1S/Cu.Fe.Mg.HSe.Zn.2H/h;;;1H;;;/q;;+2;;;2*-1. The van der Waals surface area contributed by atoms with E-state index >= 15 is 0 Å². The summed E-state index contributed by atoms with van der Waals surface area (Å²) in [6, 6.07) is 0. The van der Waals surface area contributed by atoms with Gasteiger partial charge in [0.15, 0.2) is 0 Å². The van der Waals surface area contributed by atoms with Gasteiger partial charge >= 0.3 is 40.1 Å². The first-order valence-electron chi connectivity index (χ1n) is 0. The van der Waals surface area contributed by atoms with E-state index in [2.05, 4.69) is 0 Å². The molecule has 0 fully saturated rings. The Labute approximate surface area is 95.3 Å². The van der Waals surface area contributed by atoms with Crippen LogP contribution in [0, 0.1) is 0 Å². The first-order chi connectivity index (χ1) is 0. The number of rotatable bonds is 0. The van der Waals surface area contributed by atoms with Crippen molar-refractivity contribution in [2.45, 2.75) is 0 Å². The molecule has 2 radical (unpaired) electrons. The number of hydrogen-bond acceptors (Lipinski definition) is 0. The van der Waals surface area contributed by atoms with Crippen LogP contribution in [0.1, 0.15) is 2.85 Å². The van der Waals surface area contributed by atoms with Crippen molar-refractivity contribution in [2.75, 3.05) is 0 Å². The zero-order valence-electron chi connectivity index (χ0n) is 4.52. The summed E-state index contributed by atoms with van der Waals surface area (Å²) in [5.41, 5.74) is 0. The molecule has 0 rings (SSSR count). The van der Waals surface area contributed by atoms with Crippen LogP contribution in [0.25, 0.3) is 0 Å². The molecule has 0 unspecified atom stereocenters. The quantitative estimate of drug-likeness (QED) is 0.512. The van der Waals surface area contributed by atoms with E-state index in [0.29, 0.717) is 0 Å². The predicted octanol–water partition coefficient (Wildman–Crippen LogP) is -0.812. The van der Waals surface area contributed by atoms with Crippen molar-refractivity contribution in [1.29, 1.82) is 0 Å². The van der Waals surface area contributed by atoms with Gasteiger partial charge in [0.25, 0.3) is 0 Å². The van der Waals surface area contributed by atoms with Crippen molar-refractivity contribution in [3.8, 4) is 0 Å². The van der Waals surface area contributed by atoms with Gasteiger partial charge in [-0.15, -0.1) is 0 Å². The van der Waals surface area contributed by atoms with Crippen molar-refractivity contribution in [1.82, 2.24) is 0 Å². The Balaban J connectivity index is 0. The van der Waals surface area contributed by atoms with Gasteiger partial charge in [-0.25, -0.2) is 0 Å². The Morgan fingerprint density at radius 3 is 1.20 bits per heavy atom. The largest absolute Gasteiger partial charge is 0 e. The van der Waals surface area contributed by atoms with E-state index in [1.807, 2.05) is 0 Å². The number of hydrogen-bond donors (Lipinski definition) is 0. The summed E-state index contributed by atoms with van der Waals surface area (Å²) in [5, 5.41) is 0. The molecule has 0 saturated carbocycles. The van der Waals surface area contributed by atoms with E-state index in [-0.39, 0.29) is 96.6 Å². The van der Waals surface area contributed by atoms with Crippen LogP contribution >= 0.6 is 0 Å². The molecular formula is H3CuFeMgSeZn. The summed E-state index contributed by atoms with van der Waals surface area (Å²) in [7, 11) is 0. The van der Waals surface area contributed by atoms with Crippen molar-refractivity contribution in [2.24, 2.45) is 0 Å². The zero-order chi connectivity index (χ0) is 0. The topological polar surface area (TPSA) is 0 Å². The first-order valence-corrected chi connectivity index (χ1v) is 0. The molecule has 0 aliphatic carbocycles. The van der Waals surface area contributed by atoms with Crippen molar-refractivity contribution in [3.63, 3.8) is 0 Å². The first kappa shape index (κ1) is 44.1. The van der Waals surface area contributed by atoms with Gasteiger partial charge in [0.1, 0.15) is 0 Å². The fourth-order valence-corrected chi connectivity index (χ4v) is 0. The van der Waals surface area contributed by atoms with Crippen molar-refractivity contribution < 1.29 is 56.5 Å². The van der Waals surface area contributed by atoms with E-state index in [1.165, 1.54) is 0 Å². The van der Waals surface area contributed by atoms with Crippen LogP contribution in [0.2, 0.25) is 0 Å². The van der Waals surface area contributed by atoms with Gasteiger partial charge in [0.05, 0.1) is 0 Å². The monoisotopic (exact) mass is 290 g/mol.